The Morgan fingerprint density at radius 1 is 1.33 bits per heavy atom. The van der Waals surface area contributed by atoms with Gasteiger partial charge in [-0.1, -0.05) is 15.9 Å². The van der Waals surface area contributed by atoms with Gasteiger partial charge >= 0.3 is 0 Å². The summed E-state index contributed by atoms with van der Waals surface area (Å²) >= 11 is 3.49. The van der Waals surface area contributed by atoms with Crippen LogP contribution in [0.4, 0.5) is 0 Å². The van der Waals surface area contributed by atoms with Gasteiger partial charge in [0.1, 0.15) is 5.75 Å². The Morgan fingerprint density at radius 3 is 2.60 bits per heavy atom. The Labute approximate surface area is 97.5 Å². The minimum atomic E-state index is -0.246. The molecule has 2 rings (SSSR count). The molecule has 0 spiro atoms. The lowest BCUT2D eigenvalue weighted by Gasteiger charge is -2.14. The van der Waals surface area contributed by atoms with Gasteiger partial charge in [-0.15, -0.1) is 0 Å². The third-order valence-corrected chi connectivity index (χ3v) is 3.08. The molecule has 3 nitrogen and oxygen atoms in total. The Bertz CT molecular complexity index is 359. The molecule has 1 saturated heterocycles. The first-order chi connectivity index (χ1) is 7.22. The van der Waals surface area contributed by atoms with E-state index in [0.29, 0.717) is 13.2 Å². The van der Waals surface area contributed by atoms with E-state index in [0.717, 1.165) is 21.3 Å². The van der Waals surface area contributed by atoms with Gasteiger partial charge in [-0.2, -0.15) is 0 Å². The average molecular weight is 273 g/mol. The number of rotatable bonds is 2. The molecule has 82 valence electrons. The van der Waals surface area contributed by atoms with E-state index in [-0.39, 0.29) is 6.29 Å². The van der Waals surface area contributed by atoms with E-state index in [9.17, 15) is 0 Å². The highest BCUT2D eigenvalue weighted by Gasteiger charge is 2.21. The second-order valence-electron chi connectivity index (χ2n) is 3.42. The second kappa shape index (κ2) is 4.51. The monoisotopic (exact) mass is 272 g/mol. The predicted molar refractivity (Wildman–Crippen MR) is 60.1 cm³/mol. The van der Waals surface area contributed by atoms with Crippen LogP contribution < -0.4 is 4.74 Å². The normalized spacial score (nSPS) is 17.0. The summed E-state index contributed by atoms with van der Waals surface area (Å²) in [6, 6.07) is 3.97. The van der Waals surface area contributed by atoms with Gasteiger partial charge in [0.05, 0.1) is 20.3 Å². The molecule has 0 N–H and O–H groups in total. The topological polar surface area (TPSA) is 27.7 Å². The van der Waals surface area contributed by atoms with Crippen LogP contribution in [0.2, 0.25) is 0 Å². The van der Waals surface area contributed by atoms with E-state index < -0.39 is 0 Å². The fraction of sp³-hybridized carbons (Fsp3) is 0.455. The first-order valence-electron chi connectivity index (χ1n) is 4.79. The van der Waals surface area contributed by atoms with Crippen molar-refractivity contribution in [1.29, 1.82) is 0 Å². The summed E-state index contributed by atoms with van der Waals surface area (Å²) in [5.74, 6) is 0.864. The highest BCUT2D eigenvalue weighted by Crippen LogP contribution is 2.34. The molecule has 0 atom stereocenters. The zero-order chi connectivity index (χ0) is 10.8. The van der Waals surface area contributed by atoms with Crippen LogP contribution in [0.5, 0.6) is 5.75 Å². The summed E-state index contributed by atoms with van der Waals surface area (Å²) in [4.78, 5) is 0. The number of methoxy groups -OCH3 is 1. The lowest BCUT2D eigenvalue weighted by molar-refractivity contribution is -0.0447. The van der Waals surface area contributed by atoms with E-state index in [2.05, 4.69) is 15.9 Å². The minimum Gasteiger partial charge on any atom is -0.496 e. The van der Waals surface area contributed by atoms with Crippen molar-refractivity contribution in [2.75, 3.05) is 20.3 Å². The van der Waals surface area contributed by atoms with Crippen LogP contribution in [0.1, 0.15) is 17.4 Å². The molecule has 0 radical (unpaired) electrons. The van der Waals surface area contributed by atoms with Crippen LogP contribution in [0, 0.1) is 6.92 Å². The van der Waals surface area contributed by atoms with Crippen LogP contribution in [0.3, 0.4) is 0 Å². The molecular weight excluding hydrogens is 260 g/mol. The first-order valence-corrected chi connectivity index (χ1v) is 5.59. The molecule has 0 bridgehead atoms. The second-order valence-corrected chi connectivity index (χ2v) is 4.27. The van der Waals surface area contributed by atoms with E-state index in [1.807, 2.05) is 19.1 Å². The van der Waals surface area contributed by atoms with Crippen molar-refractivity contribution in [3.05, 3.63) is 27.7 Å². The molecule has 0 aromatic heterocycles. The first kappa shape index (κ1) is 10.9. The van der Waals surface area contributed by atoms with Crippen molar-refractivity contribution >= 4 is 15.9 Å². The number of benzene rings is 1. The van der Waals surface area contributed by atoms with Crippen molar-refractivity contribution in [3.8, 4) is 5.75 Å². The lowest BCUT2D eigenvalue weighted by atomic mass is 10.1. The van der Waals surface area contributed by atoms with E-state index in [1.54, 1.807) is 7.11 Å². The maximum atomic E-state index is 5.46. The van der Waals surface area contributed by atoms with Crippen molar-refractivity contribution in [2.24, 2.45) is 0 Å². The Hall–Kier alpha value is -0.580. The van der Waals surface area contributed by atoms with Gasteiger partial charge in [-0.3, -0.25) is 0 Å². The van der Waals surface area contributed by atoms with Crippen LogP contribution in [0.15, 0.2) is 16.6 Å². The maximum Gasteiger partial charge on any atom is 0.185 e. The highest BCUT2D eigenvalue weighted by molar-refractivity contribution is 9.10. The summed E-state index contributed by atoms with van der Waals surface area (Å²) in [5, 5.41) is 0. The molecule has 1 aliphatic heterocycles. The van der Waals surface area contributed by atoms with Crippen LogP contribution in [0.25, 0.3) is 0 Å². The largest absolute Gasteiger partial charge is 0.496 e. The molecule has 1 aromatic carbocycles. The number of ether oxygens (including phenoxy) is 3. The van der Waals surface area contributed by atoms with Crippen LogP contribution in [-0.2, 0) is 9.47 Å². The average Bonchev–Trinajstić information content (AvgIpc) is 2.74. The minimum absolute atomic E-state index is 0.246. The number of aryl methyl sites for hydroxylation is 1. The Morgan fingerprint density at radius 2 is 2.00 bits per heavy atom. The molecule has 1 aliphatic rings. The fourth-order valence-electron chi connectivity index (χ4n) is 1.62. The standard InChI is InChI=1S/C11H13BrO3/c1-7-5-8(11-14-3-4-15-11)9(12)6-10(7)13-2/h5-6,11H,3-4H2,1-2H3. The summed E-state index contributed by atoms with van der Waals surface area (Å²) in [6.45, 7) is 3.31. The smallest absolute Gasteiger partial charge is 0.185 e. The SMILES string of the molecule is COc1cc(Br)c(C2OCCO2)cc1C. The molecule has 0 aliphatic carbocycles. The molecule has 1 aromatic rings. The molecule has 0 unspecified atom stereocenters. The molecule has 1 heterocycles. The maximum absolute atomic E-state index is 5.46. The van der Waals surface area contributed by atoms with Gasteiger partial charge in [0.15, 0.2) is 6.29 Å². The number of halogens is 1. The Balaban J connectivity index is 2.35. The quantitative estimate of drug-likeness (QED) is 0.829. The third-order valence-electron chi connectivity index (χ3n) is 2.39. The van der Waals surface area contributed by atoms with Crippen molar-refractivity contribution in [3.63, 3.8) is 0 Å². The van der Waals surface area contributed by atoms with Crippen LogP contribution in [-0.4, -0.2) is 20.3 Å². The van der Waals surface area contributed by atoms with Crippen molar-refractivity contribution in [1.82, 2.24) is 0 Å². The molecule has 4 heteroatoms. The molecular formula is C11H13BrO3. The summed E-state index contributed by atoms with van der Waals surface area (Å²) < 4.78 is 17.1. The Kier molecular flexibility index (Phi) is 3.29. The molecule has 0 saturated carbocycles. The molecule has 15 heavy (non-hydrogen) atoms. The summed E-state index contributed by atoms with van der Waals surface area (Å²) in [5.41, 5.74) is 2.10. The van der Waals surface area contributed by atoms with E-state index >= 15 is 0 Å². The molecule has 1 fully saturated rings. The number of hydrogen-bond acceptors (Lipinski definition) is 3. The lowest BCUT2D eigenvalue weighted by Crippen LogP contribution is -2.00. The van der Waals surface area contributed by atoms with Gasteiger partial charge in [0.2, 0.25) is 0 Å². The van der Waals surface area contributed by atoms with Crippen molar-refractivity contribution in [2.45, 2.75) is 13.2 Å². The van der Waals surface area contributed by atoms with Gasteiger partial charge < -0.3 is 14.2 Å². The fourth-order valence-corrected chi connectivity index (χ4v) is 2.13. The highest BCUT2D eigenvalue weighted by atomic mass is 79.9. The van der Waals surface area contributed by atoms with Gasteiger partial charge in [0.25, 0.3) is 0 Å². The zero-order valence-electron chi connectivity index (χ0n) is 8.75. The van der Waals surface area contributed by atoms with Crippen molar-refractivity contribution < 1.29 is 14.2 Å². The van der Waals surface area contributed by atoms with Gasteiger partial charge in [-0.05, 0) is 24.6 Å². The summed E-state index contributed by atoms with van der Waals surface area (Å²) in [7, 11) is 1.66. The van der Waals surface area contributed by atoms with Gasteiger partial charge in [0, 0.05) is 10.0 Å². The zero-order valence-corrected chi connectivity index (χ0v) is 10.3. The van der Waals surface area contributed by atoms with E-state index in [4.69, 9.17) is 14.2 Å². The predicted octanol–water partition coefficient (Wildman–Crippen LogP) is 2.81. The third kappa shape index (κ3) is 2.17. The number of hydrogen-bond donors (Lipinski definition) is 0. The van der Waals surface area contributed by atoms with E-state index in [1.165, 1.54) is 0 Å². The molecule has 0 amide bonds. The summed E-state index contributed by atoms with van der Waals surface area (Å²) in [6.07, 6.45) is -0.246. The van der Waals surface area contributed by atoms with Gasteiger partial charge in [-0.25, -0.2) is 0 Å². The van der Waals surface area contributed by atoms with Crippen LogP contribution >= 0.6 is 15.9 Å².